The molecule has 0 spiro atoms. The number of hydrogen-bond acceptors (Lipinski definition) is 4. The molecule has 0 radical (unpaired) electrons. The molecule has 0 aliphatic carbocycles. The minimum Gasteiger partial charge on any atom is -0.488 e. The zero-order chi connectivity index (χ0) is 13.2. The molecule has 2 aromatic rings. The highest BCUT2D eigenvalue weighted by Gasteiger charge is 2.23. The maximum absolute atomic E-state index is 5.90. The second-order valence-corrected chi connectivity index (χ2v) is 4.98. The van der Waals surface area contributed by atoms with Crippen LogP contribution >= 0.6 is 0 Å². The van der Waals surface area contributed by atoms with Crippen LogP contribution in [0.4, 0.5) is 0 Å². The number of rotatable bonds is 4. The summed E-state index contributed by atoms with van der Waals surface area (Å²) in [5, 5.41) is 11.5. The van der Waals surface area contributed by atoms with Crippen LogP contribution in [-0.4, -0.2) is 27.4 Å². The van der Waals surface area contributed by atoms with E-state index in [0.29, 0.717) is 0 Å². The zero-order valence-corrected chi connectivity index (χ0v) is 11.2. The van der Waals surface area contributed by atoms with Gasteiger partial charge in [-0.3, -0.25) is 0 Å². The van der Waals surface area contributed by atoms with Gasteiger partial charge >= 0.3 is 0 Å². The van der Waals surface area contributed by atoms with E-state index in [0.717, 1.165) is 24.5 Å². The second-order valence-electron chi connectivity index (χ2n) is 4.98. The van der Waals surface area contributed by atoms with E-state index in [2.05, 4.69) is 34.6 Å². The number of nitrogens with one attached hydrogen (secondary N) is 1. The fraction of sp³-hybridized carbons (Fsp3) is 0.429. The van der Waals surface area contributed by atoms with E-state index in [4.69, 9.17) is 4.74 Å². The summed E-state index contributed by atoms with van der Waals surface area (Å²) < 4.78 is 7.83. The molecule has 0 saturated carbocycles. The zero-order valence-electron chi connectivity index (χ0n) is 11.2. The number of hydrogen-bond donors (Lipinski definition) is 1. The molecule has 2 atom stereocenters. The number of ether oxygens (including phenoxy) is 1. The van der Waals surface area contributed by atoms with Crippen molar-refractivity contribution in [1.29, 1.82) is 0 Å². The van der Waals surface area contributed by atoms with Crippen molar-refractivity contribution in [2.45, 2.75) is 25.5 Å². The molecule has 5 heteroatoms. The Morgan fingerprint density at radius 1 is 1.47 bits per heavy atom. The van der Waals surface area contributed by atoms with Crippen LogP contribution in [0.5, 0.6) is 5.75 Å². The molecule has 1 aliphatic heterocycles. The number of aromatic nitrogens is 3. The van der Waals surface area contributed by atoms with Crippen molar-refractivity contribution in [3.63, 3.8) is 0 Å². The van der Waals surface area contributed by atoms with Crippen LogP contribution in [0.3, 0.4) is 0 Å². The Hall–Kier alpha value is -1.88. The largest absolute Gasteiger partial charge is 0.488 e. The maximum atomic E-state index is 5.90. The SMILES string of the molecule is CC(NCC1Cc2ccccc2O1)c1nncn1C. The lowest BCUT2D eigenvalue weighted by Crippen LogP contribution is -2.32. The van der Waals surface area contributed by atoms with Gasteiger partial charge in [0.2, 0.25) is 0 Å². The number of aryl methyl sites for hydroxylation is 1. The van der Waals surface area contributed by atoms with E-state index in [9.17, 15) is 0 Å². The molecule has 3 rings (SSSR count). The summed E-state index contributed by atoms with van der Waals surface area (Å²) in [7, 11) is 1.95. The Morgan fingerprint density at radius 3 is 3.05 bits per heavy atom. The molecule has 5 nitrogen and oxygen atoms in total. The summed E-state index contributed by atoms with van der Waals surface area (Å²) in [6.45, 7) is 2.90. The van der Waals surface area contributed by atoms with Crippen LogP contribution in [0.15, 0.2) is 30.6 Å². The molecule has 2 heterocycles. The fourth-order valence-corrected chi connectivity index (χ4v) is 2.45. The van der Waals surface area contributed by atoms with E-state index < -0.39 is 0 Å². The Kier molecular flexibility index (Phi) is 3.21. The summed E-state index contributed by atoms with van der Waals surface area (Å²) in [5.74, 6) is 1.95. The molecule has 19 heavy (non-hydrogen) atoms. The molecule has 100 valence electrons. The van der Waals surface area contributed by atoms with Gasteiger partial charge in [0.05, 0.1) is 6.04 Å². The highest BCUT2D eigenvalue weighted by atomic mass is 16.5. The summed E-state index contributed by atoms with van der Waals surface area (Å²) in [6, 6.07) is 8.39. The minimum atomic E-state index is 0.166. The third-order valence-corrected chi connectivity index (χ3v) is 3.50. The van der Waals surface area contributed by atoms with Crippen molar-refractivity contribution in [3.05, 3.63) is 42.0 Å². The van der Waals surface area contributed by atoms with Crippen molar-refractivity contribution in [2.75, 3.05) is 6.54 Å². The summed E-state index contributed by atoms with van der Waals surface area (Å²) >= 11 is 0. The molecule has 1 aromatic heterocycles. The number of fused-ring (bicyclic) bond motifs is 1. The summed E-state index contributed by atoms with van der Waals surface area (Å²) in [5.41, 5.74) is 1.29. The van der Waals surface area contributed by atoms with Crippen LogP contribution in [-0.2, 0) is 13.5 Å². The van der Waals surface area contributed by atoms with Gasteiger partial charge in [0.15, 0.2) is 0 Å². The Labute approximate surface area is 112 Å². The molecule has 2 unspecified atom stereocenters. The third-order valence-electron chi connectivity index (χ3n) is 3.50. The molecular formula is C14H18N4O. The molecule has 1 aliphatic rings. The first-order valence-electron chi connectivity index (χ1n) is 6.56. The van der Waals surface area contributed by atoms with Gasteiger partial charge in [-0.25, -0.2) is 0 Å². The lowest BCUT2D eigenvalue weighted by molar-refractivity contribution is 0.221. The first-order chi connectivity index (χ1) is 9.24. The first kappa shape index (κ1) is 12.2. The summed E-state index contributed by atoms with van der Waals surface area (Å²) in [4.78, 5) is 0. The predicted molar refractivity (Wildman–Crippen MR) is 72.0 cm³/mol. The maximum Gasteiger partial charge on any atom is 0.149 e. The number of nitrogens with zero attached hydrogens (tertiary/aromatic N) is 3. The Morgan fingerprint density at radius 2 is 2.32 bits per heavy atom. The van der Waals surface area contributed by atoms with Crippen LogP contribution in [0.25, 0.3) is 0 Å². The lowest BCUT2D eigenvalue weighted by atomic mass is 10.1. The quantitative estimate of drug-likeness (QED) is 0.902. The molecule has 0 bridgehead atoms. The molecule has 0 fully saturated rings. The van der Waals surface area contributed by atoms with E-state index in [1.807, 2.05) is 23.7 Å². The fourth-order valence-electron chi connectivity index (χ4n) is 2.45. The smallest absolute Gasteiger partial charge is 0.149 e. The molecule has 1 aromatic carbocycles. The topological polar surface area (TPSA) is 52.0 Å². The van der Waals surface area contributed by atoms with Crippen molar-refractivity contribution in [3.8, 4) is 5.75 Å². The van der Waals surface area contributed by atoms with Crippen molar-refractivity contribution < 1.29 is 4.74 Å². The van der Waals surface area contributed by atoms with Crippen molar-refractivity contribution in [1.82, 2.24) is 20.1 Å². The van der Waals surface area contributed by atoms with Gasteiger partial charge in [0, 0.05) is 20.0 Å². The Balaban J connectivity index is 1.56. The van der Waals surface area contributed by atoms with Crippen LogP contribution < -0.4 is 10.1 Å². The standard InChI is InChI=1S/C14H18N4O/c1-10(14-17-16-9-18(14)2)15-8-12-7-11-5-3-4-6-13(11)19-12/h3-6,9-10,12,15H,7-8H2,1-2H3. The van der Waals surface area contributed by atoms with Gasteiger partial charge in [-0.05, 0) is 18.6 Å². The minimum absolute atomic E-state index is 0.166. The van der Waals surface area contributed by atoms with Gasteiger partial charge in [-0.15, -0.1) is 10.2 Å². The van der Waals surface area contributed by atoms with Gasteiger partial charge in [0.25, 0.3) is 0 Å². The molecule has 1 N–H and O–H groups in total. The van der Waals surface area contributed by atoms with E-state index >= 15 is 0 Å². The van der Waals surface area contributed by atoms with Crippen molar-refractivity contribution >= 4 is 0 Å². The third kappa shape index (κ3) is 2.46. The Bertz CT molecular complexity index is 541. The lowest BCUT2D eigenvalue weighted by Gasteiger charge is -2.16. The monoisotopic (exact) mass is 258 g/mol. The van der Waals surface area contributed by atoms with Crippen molar-refractivity contribution in [2.24, 2.45) is 7.05 Å². The predicted octanol–water partition coefficient (Wildman–Crippen LogP) is 1.47. The van der Waals surface area contributed by atoms with Gasteiger partial charge in [0.1, 0.15) is 24.0 Å². The average molecular weight is 258 g/mol. The van der Waals surface area contributed by atoms with Gasteiger partial charge in [-0.1, -0.05) is 18.2 Å². The molecule has 0 amide bonds. The first-order valence-corrected chi connectivity index (χ1v) is 6.56. The molecule has 0 saturated heterocycles. The van der Waals surface area contributed by atoms with Crippen LogP contribution in [0.1, 0.15) is 24.4 Å². The van der Waals surface area contributed by atoms with Gasteiger partial charge < -0.3 is 14.6 Å². The normalized spacial score (nSPS) is 18.9. The van der Waals surface area contributed by atoms with E-state index in [1.165, 1.54) is 5.56 Å². The highest BCUT2D eigenvalue weighted by Crippen LogP contribution is 2.27. The average Bonchev–Trinajstić information content (AvgIpc) is 3.01. The number of benzene rings is 1. The van der Waals surface area contributed by atoms with Crippen LogP contribution in [0.2, 0.25) is 0 Å². The molecular weight excluding hydrogens is 240 g/mol. The van der Waals surface area contributed by atoms with Gasteiger partial charge in [-0.2, -0.15) is 0 Å². The number of para-hydroxylation sites is 1. The highest BCUT2D eigenvalue weighted by molar-refractivity contribution is 5.37. The summed E-state index contributed by atoms with van der Waals surface area (Å²) in [6.07, 6.45) is 2.89. The second kappa shape index (κ2) is 5.01. The van der Waals surface area contributed by atoms with E-state index in [1.54, 1.807) is 6.33 Å². The van der Waals surface area contributed by atoms with Crippen LogP contribution in [0, 0.1) is 0 Å². The van der Waals surface area contributed by atoms with E-state index in [-0.39, 0.29) is 12.1 Å².